The molecule has 1 aromatic heterocycles. The monoisotopic (exact) mass is 356 g/mol. The normalized spacial score (nSPS) is 11.8. The Hall–Kier alpha value is -2.32. The Morgan fingerprint density at radius 1 is 1.22 bits per heavy atom. The highest BCUT2D eigenvalue weighted by molar-refractivity contribution is 7.92. The molecule has 0 unspecified atom stereocenters. The highest BCUT2D eigenvalue weighted by Crippen LogP contribution is 2.24. The van der Waals surface area contributed by atoms with E-state index < -0.39 is 26.5 Å². The fourth-order valence-electron chi connectivity index (χ4n) is 2.06. The van der Waals surface area contributed by atoms with E-state index >= 15 is 0 Å². The first kappa shape index (κ1) is 15.6. The Kier molecular flexibility index (Phi) is 3.65. The molecule has 6 nitrogen and oxygen atoms in total. The van der Waals surface area contributed by atoms with Crippen LogP contribution in [0.5, 0.6) is 0 Å². The molecule has 23 heavy (non-hydrogen) atoms. The Balaban J connectivity index is 2.10. The first-order valence-corrected chi connectivity index (χ1v) is 8.21. The van der Waals surface area contributed by atoms with Crippen molar-refractivity contribution in [2.75, 3.05) is 4.72 Å². The summed E-state index contributed by atoms with van der Waals surface area (Å²) < 4.78 is 47.0. The topological polar surface area (TPSA) is 81.3 Å². The number of sulfonamides is 1. The maximum Gasteiger partial charge on any atom is 0.419 e. The van der Waals surface area contributed by atoms with Crippen LogP contribution in [-0.2, 0) is 17.1 Å². The van der Waals surface area contributed by atoms with E-state index in [0.29, 0.717) is 5.02 Å². The average Bonchev–Trinajstić information content (AvgIpc) is 2.75. The first-order valence-electron chi connectivity index (χ1n) is 6.35. The molecule has 0 amide bonds. The summed E-state index contributed by atoms with van der Waals surface area (Å²) in [5.41, 5.74) is 0.378. The molecule has 120 valence electrons. The second-order valence-corrected chi connectivity index (χ2v) is 6.88. The lowest BCUT2D eigenvalue weighted by Gasteiger charge is -2.09. The van der Waals surface area contributed by atoms with Crippen molar-refractivity contribution < 1.29 is 17.2 Å². The standard InChI is InChI=1S/C14H10ClFN2O4S/c1-18-11-7-13(10(16)6-12(11)22-14(18)19)23(20,21)17-9-4-2-8(15)3-5-9/h2-7,17H,1H3. The number of aromatic nitrogens is 1. The Bertz CT molecular complexity index is 1050. The SMILES string of the molecule is Cn1c(=O)oc2cc(F)c(S(=O)(=O)Nc3ccc(Cl)cc3)cc21. The number of rotatable bonds is 3. The number of hydrogen-bond acceptors (Lipinski definition) is 4. The number of nitrogens with zero attached hydrogens (tertiary/aromatic N) is 1. The molecule has 0 bridgehead atoms. The maximum absolute atomic E-state index is 14.1. The minimum absolute atomic E-state index is 0.0274. The number of anilines is 1. The zero-order chi connectivity index (χ0) is 16.8. The number of benzene rings is 2. The smallest absolute Gasteiger partial charge is 0.408 e. The van der Waals surface area contributed by atoms with Crippen LogP contribution in [-0.4, -0.2) is 13.0 Å². The van der Waals surface area contributed by atoms with E-state index in [9.17, 15) is 17.6 Å². The van der Waals surface area contributed by atoms with Gasteiger partial charge in [-0.2, -0.15) is 0 Å². The number of fused-ring (bicyclic) bond motifs is 1. The minimum atomic E-state index is -4.18. The van der Waals surface area contributed by atoms with Gasteiger partial charge in [-0.15, -0.1) is 0 Å². The van der Waals surface area contributed by atoms with Gasteiger partial charge in [0.05, 0.1) is 5.52 Å². The predicted octanol–water partition coefficient (Wildman–Crippen LogP) is 2.72. The fourth-order valence-corrected chi connectivity index (χ4v) is 3.33. The van der Waals surface area contributed by atoms with Crippen LogP contribution in [0.2, 0.25) is 5.02 Å². The molecule has 1 N–H and O–H groups in total. The Labute approximate surface area is 135 Å². The molecule has 0 aliphatic carbocycles. The second kappa shape index (κ2) is 5.39. The van der Waals surface area contributed by atoms with Crippen LogP contribution in [0.15, 0.2) is 50.5 Å². The van der Waals surface area contributed by atoms with E-state index in [1.165, 1.54) is 31.3 Å². The quantitative estimate of drug-likeness (QED) is 0.782. The van der Waals surface area contributed by atoms with Crippen molar-refractivity contribution in [2.45, 2.75) is 4.90 Å². The molecule has 1 heterocycles. The summed E-state index contributed by atoms with van der Waals surface area (Å²) in [5.74, 6) is -1.73. The molecule has 0 spiro atoms. The molecule has 0 fully saturated rings. The zero-order valence-electron chi connectivity index (χ0n) is 11.7. The van der Waals surface area contributed by atoms with Gasteiger partial charge in [-0.05, 0) is 30.3 Å². The van der Waals surface area contributed by atoms with Crippen molar-refractivity contribution >= 4 is 38.4 Å². The van der Waals surface area contributed by atoms with Gasteiger partial charge >= 0.3 is 5.76 Å². The molecule has 2 aromatic carbocycles. The van der Waals surface area contributed by atoms with Crippen LogP contribution >= 0.6 is 11.6 Å². The van der Waals surface area contributed by atoms with Gasteiger partial charge < -0.3 is 4.42 Å². The van der Waals surface area contributed by atoms with E-state index in [1.807, 2.05) is 0 Å². The first-order chi connectivity index (χ1) is 10.8. The van der Waals surface area contributed by atoms with E-state index in [-0.39, 0.29) is 16.8 Å². The summed E-state index contributed by atoms with van der Waals surface area (Å²) in [5, 5.41) is 0.439. The largest absolute Gasteiger partial charge is 0.419 e. The van der Waals surface area contributed by atoms with E-state index in [4.69, 9.17) is 16.0 Å². The lowest BCUT2D eigenvalue weighted by molar-refractivity contribution is 0.524. The summed E-state index contributed by atoms with van der Waals surface area (Å²) in [6.07, 6.45) is 0. The summed E-state index contributed by atoms with van der Waals surface area (Å²) >= 11 is 5.73. The molecular formula is C14H10ClFN2O4S. The molecule has 0 aliphatic heterocycles. The summed E-state index contributed by atoms with van der Waals surface area (Å²) in [4.78, 5) is 10.8. The van der Waals surface area contributed by atoms with Crippen LogP contribution in [0.25, 0.3) is 11.1 Å². The Morgan fingerprint density at radius 3 is 2.52 bits per heavy atom. The van der Waals surface area contributed by atoms with Gasteiger partial charge in [-0.3, -0.25) is 9.29 Å². The van der Waals surface area contributed by atoms with Crippen molar-refractivity contribution in [3.05, 3.63) is 57.8 Å². The highest BCUT2D eigenvalue weighted by atomic mass is 35.5. The second-order valence-electron chi connectivity index (χ2n) is 4.79. The number of hydrogen-bond donors (Lipinski definition) is 1. The molecule has 0 saturated heterocycles. The van der Waals surface area contributed by atoms with Gasteiger partial charge in [0.25, 0.3) is 10.0 Å². The highest BCUT2D eigenvalue weighted by Gasteiger charge is 2.22. The van der Waals surface area contributed by atoms with Gasteiger partial charge in [0.2, 0.25) is 0 Å². The molecule has 0 saturated carbocycles. The van der Waals surface area contributed by atoms with Crippen LogP contribution < -0.4 is 10.5 Å². The lowest BCUT2D eigenvalue weighted by Crippen LogP contribution is -2.15. The van der Waals surface area contributed by atoms with Gasteiger partial charge in [0.1, 0.15) is 10.7 Å². The summed E-state index contributed by atoms with van der Waals surface area (Å²) in [6, 6.07) is 7.81. The van der Waals surface area contributed by atoms with E-state index in [0.717, 1.165) is 16.7 Å². The number of halogens is 2. The van der Waals surface area contributed by atoms with Crippen LogP contribution in [0.4, 0.5) is 10.1 Å². The Morgan fingerprint density at radius 2 is 1.87 bits per heavy atom. The third-order valence-electron chi connectivity index (χ3n) is 3.23. The number of nitrogens with one attached hydrogen (secondary N) is 1. The molecular weight excluding hydrogens is 347 g/mol. The van der Waals surface area contributed by atoms with Crippen molar-refractivity contribution in [1.29, 1.82) is 0 Å². The minimum Gasteiger partial charge on any atom is -0.408 e. The third-order valence-corrected chi connectivity index (χ3v) is 4.88. The molecule has 0 radical (unpaired) electrons. The van der Waals surface area contributed by atoms with Gasteiger partial charge in [0, 0.05) is 23.8 Å². The fraction of sp³-hybridized carbons (Fsp3) is 0.0714. The third kappa shape index (κ3) is 2.82. The van der Waals surface area contributed by atoms with E-state index in [2.05, 4.69) is 4.72 Å². The van der Waals surface area contributed by atoms with Crippen molar-refractivity contribution in [1.82, 2.24) is 4.57 Å². The summed E-state index contributed by atoms with van der Waals surface area (Å²) in [6.45, 7) is 0. The lowest BCUT2D eigenvalue weighted by atomic mass is 10.3. The van der Waals surface area contributed by atoms with Gasteiger partial charge in [-0.25, -0.2) is 17.6 Å². The molecule has 3 rings (SSSR count). The van der Waals surface area contributed by atoms with Gasteiger partial charge in [0.15, 0.2) is 5.58 Å². The molecule has 0 atom stereocenters. The maximum atomic E-state index is 14.1. The number of aryl methyl sites for hydroxylation is 1. The van der Waals surface area contributed by atoms with E-state index in [1.54, 1.807) is 0 Å². The van der Waals surface area contributed by atoms with Crippen molar-refractivity contribution in [2.24, 2.45) is 7.05 Å². The van der Waals surface area contributed by atoms with Crippen molar-refractivity contribution in [3.8, 4) is 0 Å². The zero-order valence-corrected chi connectivity index (χ0v) is 13.3. The van der Waals surface area contributed by atoms with Crippen LogP contribution in [0.3, 0.4) is 0 Å². The van der Waals surface area contributed by atoms with Crippen LogP contribution in [0, 0.1) is 5.82 Å². The van der Waals surface area contributed by atoms with Gasteiger partial charge in [-0.1, -0.05) is 11.6 Å². The molecule has 9 heteroatoms. The number of oxazole rings is 1. The predicted molar refractivity (Wildman–Crippen MR) is 83.7 cm³/mol. The molecule has 0 aliphatic rings. The molecule has 3 aromatic rings. The summed E-state index contributed by atoms with van der Waals surface area (Å²) in [7, 11) is -2.78. The van der Waals surface area contributed by atoms with Crippen LogP contribution in [0.1, 0.15) is 0 Å². The van der Waals surface area contributed by atoms with Crippen molar-refractivity contribution in [3.63, 3.8) is 0 Å². The average molecular weight is 357 g/mol.